The summed E-state index contributed by atoms with van der Waals surface area (Å²) in [6.07, 6.45) is 3.36. The number of rotatable bonds is 3. The minimum absolute atomic E-state index is 0.271. The van der Waals surface area contributed by atoms with Gasteiger partial charge in [0.2, 0.25) is 0 Å². The molecule has 1 aromatic heterocycles. The fraction of sp³-hybridized carbons (Fsp3) is 0.667. The van der Waals surface area contributed by atoms with Crippen LogP contribution in [0.2, 0.25) is 5.15 Å². The van der Waals surface area contributed by atoms with Gasteiger partial charge in [0.15, 0.2) is 0 Å². The first kappa shape index (κ1) is 13.7. The Labute approximate surface area is 107 Å². The van der Waals surface area contributed by atoms with Gasteiger partial charge in [-0.15, -0.1) is 11.6 Å². The van der Waals surface area contributed by atoms with Crippen LogP contribution in [0, 0.1) is 5.41 Å². The molecule has 2 nitrogen and oxygen atoms in total. The van der Waals surface area contributed by atoms with Crippen LogP contribution in [0.4, 0.5) is 0 Å². The second-order valence-electron chi connectivity index (χ2n) is 5.48. The van der Waals surface area contributed by atoms with Crippen LogP contribution in [0.25, 0.3) is 0 Å². The van der Waals surface area contributed by atoms with E-state index in [0.717, 1.165) is 18.5 Å². The Morgan fingerprint density at radius 2 is 1.75 bits per heavy atom. The van der Waals surface area contributed by atoms with Crippen LogP contribution < -0.4 is 0 Å². The molecule has 0 saturated heterocycles. The van der Waals surface area contributed by atoms with Crippen LogP contribution in [0.15, 0.2) is 12.4 Å². The SMILES string of the molecule is CC(C)(C)CCC(C)(Cl)c1cc(Cl)ncn1. The van der Waals surface area contributed by atoms with Gasteiger partial charge in [-0.3, -0.25) is 0 Å². The van der Waals surface area contributed by atoms with Crippen molar-refractivity contribution in [2.75, 3.05) is 0 Å². The normalized spacial score (nSPS) is 15.9. The molecule has 0 aliphatic heterocycles. The molecule has 4 heteroatoms. The van der Waals surface area contributed by atoms with E-state index in [9.17, 15) is 0 Å². The summed E-state index contributed by atoms with van der Waals surface area (Å²) in [5.74, 6) is 0. The van der Waals surface area contributed by atoms with E-state index in [1.165, 1.54) is 6.33 Å². The first-order valence-corrected chi connectivity index (χ1v) is 6.13. The number of aromatic nitrogens is 2. The molecule has 1 rings (SSSR count). The van der Waals surface area contributed by atoms with E-state index in [1.54, 1.807) is 6.07 Å². The standard InChI is InChI=1S/C12H18Cl2N2/c1-11(2,3)5-6-12(4,14)9-7-10(13)16-8-15-9/h7-8H,5-6H2,1-4H3. The Kier molecular flexibility index (Phi) is 4.19. The quantitative estimate of drug-likeness (QED) is 0.595. The van der Waals surface area contributed by atoms with E-state index in [4.69, 9.17) is 23.2 Å². The van der Waals surface area contributed by atoms with E-state index in [0.29, 0.717) is 5.15 Å². The molecule has 0 amide bonds. The summed E-state index contributed by atoms with van der Waals surface area (Å²) < 4.78 is 0. The maximum atomic E-state index is 6.49. The zero-order valence-electron chi connectivity index (χ0n) is 10.2. The van der Waals surface area contributed by atoms with Crippen molar-refractivity contribution in [3.63, 3.8) is 0 Å². The van der Waals surface area contributed by atoms with Crippen LogP contribution in [0.1, 0.15) is 46.2 Å². The maximum absolute atomic E-state index is 6.49. The summed E-state index contributed by atoms with van der Waals surface area (Å²) in [5.41, 5.74) is 1.06. The average Bonchev–Trinajstić information content (AvgIpc) is 2.14. The van der Waals surface area contributed by atoms with Gasteiger partial charge in [-0.1, -0.05) is 32.4 Å². The van der Waals surface area contributed by atoms with Gasteiger partial charge in [0.05, 0.1) is 10.6 Å². The predicted molar refractivity (Wildman–Crippen MR) is 68.9 cm³/mol. The van der Waals surface area contributed by atoms with Crippen LogP contribution in [0.3, 0.4) is 0 Å². The van der Waals surface area contributed by atoms with Gasteiger partial charge in [0.1, 0.15) is 11.5 Å². The molecule has 0 fully saturated rings. The number of nitrogens with zero attached hydrogens (tertiary/aromatic N) is 2. The van der Waals surface area contributed by atoms with Gasteiger partial charge in [0, 0.05) is 0 Å². The molecule has 0 bridgehead atoms. The third-order valence-electron chi connectivity index (χ3n) is 2.51. The predicted octanol–water partition coefficient (Wildman–Crippen LogP) is 4.41. The van der Waals surface area contributed by atoms with Crippen molar-refractivity contribution in [3.8, 4) is 0 Å². The van der Waals surface area contributed by atoms with Crippen molar-refractivity contribution >= 4 is 23.2 Å². The molecule has 1 heterocycles. The molecular weight excluding hydrogens is 243 g/mol. The zero-order chi connectivity index (χ0) is 12.4. The van der Waals surface area contributed by atoms with Gasteiger partial charge in [-0.05, 0) is 31.2 Å². The lowest BCUT2D eigenvalue weighted by molar-refractivity contribution is 0.340. The lowest BCUT2D eigenvalue weighted by atomic mass is 9.86. The monoisotopic (exact) mass is 260 g/mol. The highest BCUT2D eigenvalue weighted by atomic mass is 35.5. The smallest absolute Gasteiger partial charge is 0.132 e. The van der Waals surface area contributed by atoms with E-state index in [1.807, 2.05) is 6.92 Å². The van der Waals surface area contributed by atoms with Crippen molar-refractivity contribution in [2.45, 2.75) is 45.4 Å². The highest BCUT2D eigenvalue weighted by Gasteiger charge is 2.27. The minimum Gasteiger partial charge on any atom is -0.239 e. The third-order valence-corrected chi connectivity index (χ3v) is 3.10. The molecule has 0 aliphatic carbocycles. The molecule has 1 aromatic rings. The second kappa shape index (κ2) is 4.89. The van der Waals surface area contributed by atoms with Gasteiger partial charge >= 0.3 is 0 Å². The lowest BCUT2D eigenvalue weighted by Gasteiger charge is -2.26. The van der Waals surface area contributed by atoms with E-state index >= 15 is 0 Å². The Hall–Kier alpha value is -0.340. The summed E-state index contributed by atoms with van der Waals surface area (Å²) in [4.78, 5) is 7.57. The van der Waals surface area contributed by atoms with Crippen LogP contribution in [-0.2, 0) is 4.87 Å². The van der Waals surface area contributed by atoms with Crippen LogP contribution >= 0.6 is 23.2 Å². The Morgan fingerprint density at radius 3 is 2.25 bits per heavy atom. The highest BCUT2D eigenvalue weighted by molar-refractivity contribution is 6.29. The van der Waals surface area contributed by atoms with Crippen molar-refractivity contribution in [1.82, 2.24) is 9.97 Å². The number of halogens is 2. The number of hydrogen-bond donors (Lipinski definition) is 0. The fourth-order valence-electron chi connectivity index (χ4n) is 1.36. The molecule has 0 radical (unpaired) electrons. The Balaban J connectivity index is 2.77. The van der Waals surface area contributed by atoms with Gasteiger partial charge < -0.3 is 0 Å². The molecule has 0 aromatic carbocycles. The van der Waals surface area contributed by atoms with Crippen LogP contribution in [-0.4, -0.2) is 9.97 Å². The van der Waals surface area contributed by atoms with Gasteiger partial charge in [0.25, 0.3) is 0 Å². The first-order chi connectivity index (χ1) is 7.21. The van der Waals surface area contributed by atoms with Crippen molar-refractivity contribution in [1.29, 1.82) is 0 Å². The molecule has 0 N–H and O–H groups in total. The second-order valence-corrected chi connectivity index (χ2v) is 6.71. The Bertz CT molecular complexity index is 356. The van der Waals surface area contributed by atoms with E-state index in [-0.39, 0.29) is 5.41 Å². The molecule has 1 atom stereocenters. The Morgan fingerprint density at radius 1 is 1.12 bits per heavy atom. The topological polar surface area (TPSA) is 25.8 Å². The largest absolute Gasteiger partial charge is 0.239 e. The van der Waals surface area contributed by atoms with Crippen molar-refractivity contribution < 1.29 is 0 Å². The summed E-state index contributed by atoms with van der Waals surface area (Å²) in [6, 6.07) is 1.73. The average molecular weight is 261 g/mol. The highest BCUT2D eigenvalue weighted by Crippen LogP contribution is 2.36. The molecule has 90 valence electrons. The zero-order valence-corrected chi connectivity index (χ0v) is 11.7. The minimum atomic E-state index is -0.472. The molecule has 0 saturated carbocycles. The number of hydrogen-bond acceptors (Lipinski definition) is 2. The van der Waals surface area contributed by atoms with E-state index < -0.39 is 4.87 Å². The third kappa shape index (κ3) is 4.26. The molecule has 0 spiro atoms. The van der Waals surface area contributed by atoms with E-state index in [2.05, 4.69) is 30.7 Å². The first-order valence-electron chi connectivity index (χ1n) is 5.38. The van der Waals surface area contributed by atoms with Crippen molar-refractivity contribution in [2.24, 2.45) is 5.41 Å². The van der Waals surface area contributed by atoms with Gasteiger partial charge in [-0.2, -0.15) is 0 Å². The molecular formula is C12H18Cl2N2. The maximum Gasteiger partial charge on any atom is 0.132 e. The molecule has 16 heavy (non-hydrogen) atoms. The molecule has 0 aliphatic rings. The lowest BCUT2D eigenvalue weighted by Crippen LogP contribution is -2.19. The van der Waals surface area contributed by atoms with Gasteiger partial charge in [-0.25, -0.2) is 9.97 Å². The summed E-state index contributed by atoms with van der Waals surface area (Å²) in [7, 11) is 0. The van der Waals surface area contributed by atoms with Crippen LogP contribution in [0.5, 0.6) is 0 Å². The fourth-order valence-corrected chi connectivity index (χ4v) is 1.70. The summed E-state index contributed by atoms with van der Waals surface area (Å²) >= 11 is 12.3. The summed E-state index contributed by atoms with van der Waals surface area (Å²) in [5, 5.41) is 0.438. The number of alkyl halides is 1. The summed E-state index contributed by atoms with van der Waals surface area (Å²) in [6.45, 7) is 8.58. The van der Waals surface area contributed by atoms with Crippen molar-refractivity contribution in [3.05, 3.63) is 23.2 Å². The molecule has 1 unspecified atom stereocenters.